The zero-order chi connectivity index (χ0) is 18.6. The van der Waals surface area contributed by atoms with E-state index >= 15 is 0 Å². The summed E-state index contributed by atoms with van der Waals surface area (Å²) in [6.45, 7) is 1.03. The average Bonchev–Trinajstić information content (AvgIpc) is 3.13. The van der Waals surface area contributed by atoms with Gasteiger partial charge in [-0.15, -0.1) is 0 Å². The Morgan fingerprint density at radius 1 is 1.19 bits per heavy atom. The molecule has 1 saturated heterocycles. The highest BCUT2D eigenvalue weighted by Crippen LogP contribution is 2.31. The highest BCUT2D eigenvalue weighted by molar-refractivity contribution is 6.06. The number of carbonyl (C=O) groups is 1. The van der Waals surface area contributed by atoms with Gasteiger partial charge in [0.15, 0.2) is 0 Å². The minimum absolute atomic E-state index is 0.00501. The molecule has 0 spiro atoms. The first-order valence-corrected chi connectivity index (χ1v) is 8.25. The summed E-state index contributed by atoms with van der Waals surface area (Å²) in [6, 6.07) is 11.1. The van der Waals surface area contributed by atoms with Crippen molar-refractivity contribution in [3.05, 3.63) is 59.7 Å². The third-order valence-corrected chi connectivity index (χ3v) is 4.03. The van der Waals surface area contributed by atoms with Crippen LogP contribution in [-0.2, 0) is 10.9 Å². The molecular weight excluding hydrogens is 347 g/mol. The van der Waals surface area contributed by atoms with Gasteiger partial charge < -0.3 is 14.8 Å². The molecule has 1 aliphatic rings. The van der Waals surface area contributed by atoms with Crippen molar-refractivity contribution >= 4 is 11.6 Å². The summed E-state index contributed by atoms with van der Waals surface area (Å²) >= 11 is 0. The topological polar surface area (TPSA) is 47.6 Å². The van der Waals surface area contributed by atoms with E-state index in [1.807, 2.05) is 0 Å². The van der Waals surface area contributed by atoms with Crippen LogP contribution in [0.15, 0.2) is 48.5 Å². The second-order valence-corrected chi connectivity index (χ2v) is 5.97. The molecule has 3 rings (SSSR count). The van der Waals surface area contributed by atoms with Crippen LogP contribution in [0.25, 0.3) is 0 Å². The van der Waals surface area contributed by atoms with E-state index in [1.54, 1.807) is 24.3 Å². The zero-order valence-electron chi connectivity index (χ0n) is 13.9. The van der Waals surface area contributed by atoms with Crippen LogP contribution in [0, 0.1) is 0 Å². The highest BCUT2D eigenvalue weighted by atomic mass is 19.4. The Balaban J connectivity index is 1.71. The van der Waals surface area contributed by atoms with Crippen molar-refractivity contribution in [1.82, 2.24) is 0 Å². The largest absolute Gasteiger partial charge is 0.490 e. The van der Waals surface area contributed by atoms with Gasteiger partial charge in [-0.1, -0.05) is 18.2 Å². The average molecular weight is 365 g/mol. The fraction of sp³-hybridized carbons (Fsp3) is 0.316. The standard InChI is InChI=1S/C19H18F3NO3/c20-19(21,22)13-5-3-6-14(11-13)23-18(24)16-8-1-2-9-17(16)26-12-15-7-4-10-25-15/h1-3,5-6,8-9,11,15H,4,7,10,12H2,(H,23,24)/t15-/m0/s1. The molecule has 0 bridgehead atoms. The number of para-hydroxylation sites is 1. The third kappa shape index (κ3) is 4.54. The Morgan fingerprint density at radius 3 is 2.73 bits per heavy atom. The van der Waals surface area contributed by atoms with Crippen LogP contribution < -0.4 is 10.1 Å². The van der Waals surface area contributed by atoms with Crippen LogP contribution in [-0.4, -0.2) is 25.2 Å². The van der Waals surface area contributed by atoms with E-state index in [1.165, 1.54) is 12.1 Å². The van der Waals surface area contributed by atoms with Crippen LogP contribution in [0.1, 0.15) is 28.8 Å². The summed E-state index contributed by atoms with van der Waals surface area (Å²) in [5, 5.41) is 2.49. The van der Waals surface area contributed by atoms with E-state index in [0.717, 1.165) is 25.0 Å². The van der Waals surface area contributed by atoms with Gasteiger partial charge in [0, 0.05) is 12.3 Å². The van der Waals surface area contributed by atoms with Gasteiger partial charge in [0.1, 0.15) is 12.4 Å². The monoisotopic (exact) mass is 365 g/mol. The molecule has 138 valence electrons. The molecule has 1 atom stereocenters. The maximum atomic E-state index is 12.8. The summed E-state index contributed by atoms with van der Waals surface area (Å²) in [5.74, 6) is -0.167. The molecule has 2 aromatic rings. The zero-order valence-corrected chi connectivity index (χ0v) is 13.9. The van der Waals surface area contributed by atoms with E-state index in [2.05, 4.69) is 5.32 Å². The van der Waals surface area contributed by atoms with Crippen molar-refractivity contribution in [2.24, 2.45) is 0 Å². The second kappa shape index (κ2) is 7.78. The molecule has 1 amide bonds. The number of hydrogen-bond donors (Lipinski definition) is 1. The summed E-state index contributed by atoms with van der Waals surface area (Å²) in [4.78, 5) is 12.5. The number of halogens is 3. The van der Waals surface area contributed by atoms with Crippen molar-refractivity contribution in [1.29, 1.82) is 0 Å². The van der Waals surface area contributed by atoms with E-state index in [9.17, 15) is 18.0 Å². The molecule has 0 unspecified atom stereocenters. The predicted octanol–water partition coefficient (Wildman–Crippen LogP) is 4.52. The van der Waals surface area contributed by atoms with Gasteiger partial charge in [0.05, 0.1) is 17.2 Å². The molecule has 1 fully saturated rings. The molecule has 0 aliphatic carbocycles. The van der Waals surface area contributed by atoms with Gasteiger partial charge in [-0.2, -0.15) is 13.2 Å². The summed E-state index contributed by atoms with van der Waals surface area (Å²) in [6.07, 6.45) is -2.59. The minimum atomic E-state index is -4.47. The number of amides is 1. The Morgan fingerprint density at radius 2 is 2.00 bits per heavy atom. The quantitative estimate of drug-likeness (QED) is 0.848. The molecule has 0 saturated carbocycles. The first-order chi connectivity index (χ1) is 12.4. The Hall–Kier alpha value is -2.54. The van der Waals surface area contributed by atoms with Crippen molar-refractivity contribution in [2.45, 2.75) is 25.1 Å². The number of benzene rings is 2. The SMILES string of the molecule is O=C(Nc1cccc(C(F)(F)F)c1)c1ccccc1OC[C@@H]1CCCO1. The van der Waals surface area contributed by atoms with E-state index in [0.29, 0.717) is 19.0 Å². The number of hydrogen-bond acceptors (Lipinski definition) is 3. The van der Waals surface area contributed by atoms with E-state index < -0.39 is 17.6 Å². The lowest BCUT2D eigenvalue weighted by Gasteiger charge is -2.15. The molecule has 4 nitrogen and oxygen atoms in total. The molecule has 1 N–H and O–H groups in total. The van der Waals surface area contributed by atoms with Crippen LogP contribution in [0.5, 0.6) is 5.75 Å². The number of carbonyl (C=O) groups excluding carboxylic acids is 1. The number of anilines is 1. The second-order valence-electron chi connectivity index (χ2n) is 5.97. The predicted molar refractivity (Wildman–Crippen MR) is 90.3 cm³/mol. The minimum Gasteiger partial charge on any atom is -0.490 e. The number of alkyl halides is 3. The number of ether oxygens (including phenoxy) is 2. The van der Waals surface area contributed by atoms with E-state index in [4.69, 9.17) is 9.47 Å². The molecule has 2 aromatic carbocycles. The van der Waals surface area contributed by atoms with Crippen LogP contribution >= 0.6 is 0 Å². The fourth-order valence-electron chi connectivity index (χ4n) is 2.71. The molecule has 1 heterocycles. The molecular formula is C19H18F3NO3. The normalized spacial score (nSPS) is 17.1. The van der Waals surface area contributed by atoms with Crippen LogP contribution in [0.2, 0.25) is 0 Å². The lowest BCUT2D eigenvalue weighted by Crippen LogP contribution is -2.19. The fourth-order valence-corrected chi connectivity index (χ4v) is 2.71. The van der Waals surface area contributed by atoms with E-state index in [-0.39, 0.29) is 17.4 Å². The van der Waals surface area contributed by atoms with Gasteiger partial charge in [0.2, 0.25) is 0 Å². The van der Waals surface area contributed by atoms with Crippen molar-refractivity contribution in [3.63, 3.8) is 0 Å². The molecule has 7 heteroatoms. The maximum Gasteiger partial charge on any atom is 0.416 e. The smallest absolute Gasteiger partial charge is 0.416 e. The Bertz CT molecular complexity index is 771. The van der Waals surface area contributed by atoms with Crippen LogP contribution in [0.4, 0.5) is 18.9 Å². The van der Waals surface area contributed by atoms with Crippen molar-refractivity contribution in [3.8, 4) is 5.75 Å². The third-order valence-electron chi connectivity index (χ3n) is 4.03. The lowest BCUT2D eigenvalue weighted by atomic mass is 10.1. The first-order valence-electron chi connectivity index (χ1n) is 8.25. The summed E-state index contributed by atoms with van der Waals surface area (Å²) in [5.41, 5.74) is -0.500. The van der Waals surface area contributed by atoms with Crippen LogP contribution in [0.3, 0.4) is 0 Å². The highest BCUT2D eigenvalue weighted by Gasteiger charge is 2.30. The summed E-state index contributed by atoms with van der Waals surface area (Å²) in [7, 11) is 0. The number of rotatable bonds is 5. The van der Waals surface area contributed by atoms with Gasteiger partial charge in [0.25, 0.3) is 5.91 Å². The lowest BCUT2D eigenvalue weighted by molar-refractivity contribution is -0.137. The molecule has 26 heavy (non-hydrogen) atoms. The van der Waals surface area contributed by atoms with Gasteiger partial charge >= 0.3 is 6.18 Å². The Labute approximate surface area is 148 Å². The molecule has 0 aromatic heterocycles. The van der Waals surface area contributed by atoms with Crippen molar-refractivity contribution in [2.75, 3.05) is 18.5 Å². The van der Waals surface area contributed by atoms with Crippen molar-refractivity contribution < 1.29 is 27.4 Å². The maximum absolute atomic E-state index is 12.8. The van der Waals surface area contributed by atoms with Gasteiger partial charge in [-0.05, 0) is 43.2 Å². The van der Waals surface area contributed by atoms with Gasteiger partial charge in [-0.25, -0.2) is 0 Å². The summed E-state index contributed by atoms with van der Waals surface area (Å²) < 4.78 is 49.6. The first kappa shape index (κ1) is 18.3. The molecule has 1 aliphatic heterocycles. The number of nitrogens with one attached hydrogen (secondary N) is 1. The Kier molecular flexibility index (Phi) is 5.46. The van der Waals surface area contributed by atoms with Gasteiger partial charge in [-0.3, -0.25) is 4.79 Å². The molecule has 0 radical (unpaired) electrons.